The summed E-state index contributed by atoms with van der Waals surface area (Å²) in [6.07, 6.45) is -10.9. The number of rotatable bonds is 5. The van der Waals surface area contributed by atoms with Gasteiger partial charge in [-0.15, -0.1) is 0 Å². The maximum atomic E-state index is 14.6. The maximum Gasteiger partial charge on any atom is 0.417 e. The molecule has 0 spiro atoms. The van der Waals surface area contributed by atoms with Crippen LogP contribution in [0.25, 0.3) is 0 Å². The monoisotopic (exact) mass is 640 g/mol. The average molecular weight is 641 g/mol. The lowest BCUT2D eigenvalue weighted by molar-refractivity contribution is -0.177. The average Bonchev–Trinajstić information content (AvgIpc) is 3.39. The van der Waals surface area contributed by atoms with Gasteiger partial charge in [-0.25, -0.2) is 9.67 Å². The lowest BCUT2D eigenvalue weighted by Crippen LogP contribution is -2.45. The van der Waals surface area contributed by atoms with E-state index in [-0.39, 0.29) is 48.8 Å². The number of alkyl halides is 6. The number of aliphatic hydroxyl groups excluding tert-OH is 1. The molecule has 8 nitrogen and oxygen atoms in total. The summed E-state index contributed by atoms with van der Waals surface area (Å²) >= 11 is 0. The highest BCUT2D eigenvalue weighted by Gasteiger charge is 2.55. The number of nitrogens with zero attached hydrogens (tertiary/aromatic N) is 5. The van der Waals surface area contributed by atoms with Crippen LogP contribution in [0.3, 0.4) is 0 Å². The van der Waals surface area contributed by atoms with E-state index in [2.05, 4.69) is 10.3 Å². The Bertz CT molecular complexity index is 1740. The Morgan fingerprint density at radius 1 is 0.957 bits per heavy atom. The number of nitrogens with one attached hydrogen (secondary N) is 1. The molecular weight excluding hydrogens is 614 g/mol. The highest BCUT2D eigenvalue weighted by molar-refractivity contribution is 5.97. The van der Waals surface area contributed by atoms with E-state index < -0.39 is 53.4 Å². The minimum Gasteiger partial charge on any atom is -0.382 e. The van der Waals surface area contributed by atoms with Crippen molar-refractivity contribution in [2.24, 2.45) is 0 Å². The first-order chi connectivity index (χ1) is 21.9. The summed E-state index contributed by atoms with van der Waals surface area (Å²) < 4.78 is 86.0. The number of carbonyl (C=O) groups is 1. The minimum absolute atomic E-state index is 0.0126. The molecule has 238 valence electrons. The van der Waals surface area contributed by atoms with Crippen molar-refractivity contribution in [1.29, 1.82) is 5.26 Å². The summed E-state index contributed by atoms with van der Waals surface area (Å²) in [5.74, 6) is -4.52. The van der Waals surface area contributed by atoms with Crippen molar-refractivity contribution >= 4 is 17.5 Å². The number of hydrogen-bond acceptors (Lipinski definition) is 6. The fraction of sp³-hybridized carbons (Fsp3) is 0.312. The molecule has 1 amide bonds. The van der Waals surface area contributed by atoms with Crippen molar-refractivity contribution < 1.29 is 36.2 Å². The van der Waals surface area contributed by atoms with E-state index in [0.29, 0.717) is 11.1 Å². The lowest BCUT2D eigenvalue weighted by atomic mass is 9.82. The van der Waals surface area contributed by atoms with Gasteiger partial charge < -0.3 is 15.3 Å². The van der Waals surface area contributed by atoms with Gasteiger partial charge in [0.2, 0.25) is 0 Å². The van der Waals surface area contributed by atoms with Crippen LogP contribution in [0.5, 0.6) is 0 Å². The molecule has 2 N–H and O–H groups in total. The van der Waals surface area contributed by atoms with Gasteiger partial charge in [-0.2, -0.15) is 36.7 Å². The van der Waals surface area contributed by atoms with E-state index >= 15 is 0 Å². The highest BCUT2D eigenvalue weighted by atomic mass is 19.4. The molecule has 0 radical (unpaired) electrons. The van der Waals surface area contributed by atoms with Crippen molar-refractivity contribution in [2.75, 3.05) is 23.3 Å². The summed E-state index contributed by atoms with van der Waals surface area (Å²) in [6.45, 7) is 0.268. The number of hydrogen-bond donors (Lipinski definition) is 2. The zero-order valence-corrected chi connectivity index (χ0v) is 23.9. The second kappa shape index (κ2) is 11.8. The second-order valence-corrected chi connectivity index (χ2v) is 11.2. The minimum atomic E-state index is -5.00. The zero-order valence-electron chi connectivity index (χ0n) is 23.9. The Morgan fingerprint density at radius 3 is 2.07 bits per heavy atom. The number of fused-ring (bicyclic) bond motifs is 1. The second-order valence-electron chi connectivity index (χ2n) is 11.2. The fourth-order valence-electron chi connectivity index (χ4n) is 6.30. The molecule has 1 saturated heterocycles. The topological polar surface area (TPSA) is 107 Å². The number of aliphatic hydroxyl groups is 1. The first kappa shape index (κ1) is 31.1. The molecule has 0 aliphatic carbocycles. The standard InChI is InChI=1S/C32H26F6N6O2/c33-31(34,35)22-15-23(40-17-21(22)16-39)43-13-11-18(12-14-43)26-24-25(32(36,37)38)28(45)30(46)41-29(24)44(42-26)27(19-7-3-1-4-8-19)20-9-5-2-6-10-20/h1-10,15,17-18,25,27-28,45H,11-14H2,(H,41,46)/t25-,28-/m1/s1. The van der Waals surface area contributed by atoms with Gasteiger partial charge in [0.25, 0.3) is 5.91 Å². The van der Waals surface area contributed by atoms with Gasteiger partial charge in [0.1, 0.15) is 35.8 Å². The number of nitriles is 1. The summed E-state index contributed by atoms with van der Waals surface area (Å²) in [4.78, 5) is 18.4. The summed E-state index contributed by atoms with van der Waals surface area (Å²) in [7, 11) is 0. The molecule has 2 aromatic heterocycles. The molecule has 0 bridgehead atoms. The molecule has 46 heavy (non-hydrogen) atoms. The Hall–Kier alpha value is -4.90. The van der Waals surface area contributed by atoms with E-state index in [1.54, 1.807) is 65.6 Å². The molecule has 1 fully saturated rings. The molecule has 0 unspecified atom stereocenters. The van der Waals surface area contributed by atoms with Gasteiger partial charge in [-0.1, -0.05) is 60.7 Å². The van der Waals surface area contributed by atoms with Gasteiger partial charge in [0, 0.05) is 30.8 Å². The lowest BCUT2D eigenvalue weighted by Gasteiger charge is -2.35. The molecule has 4 heterocycles. The van der Waals surface area contributed by atoms with Crippen molar-refractivity contribution in [1.82, 2.24) is 14.8 Å². The van der Waals surface area contributed by atoms with Gasteiger partial charge >= 0.3 is 12.4 Å². The fourth-order valence-corrected chi connectivity index (χ4v) is 6.30. The predicted molar refractivity (Wildman–Crippen MR) is 154 cm³/mol. The van der Waals surface area contributed by atoms with E-state index in [0.717, 1.165) is 12.3 Å². The van der Waals surface area contributed by atoms with Crippen LogP contribution in [-0.2, 0) is 11.0 Å². The number of pyridine rings is 1. The number of benzene rings is 2. The van der Waals surface area contributed by atoms with Crippen LogP contribution in [0.15, 0.2) is 72.9 Å². The third kappa shape index (κ3) is 5.66. The first-order valence-electron chi connectivity index (χ1n) is 14.4. The zero-order chi connectivity index (χ0) is 32.8. The van der Waals surface area contributed by atoms with Gasteiger partial charge in [-0.05, 0) is 30.0 Å². The third-order valence-corrected chi connectivity index (χ3v) is 8.46. The number of carbonyl (C=O) groups excluding carboxylic acids is 1. The smallest absolute Gasteiger partial charge is 0.382 e. The van der Waals surface area contributed by atoms with E-state index in [1.807, 2.05) is 0 Å². The molecule has 0 saturated carbocycles. The van der Waals surface area contributed by atoms with Crippen LogP contribution in [-0.4, -0.2) is 51.1 Å². The van der Waals surface area contributed by atoms with E-state index in [9.17, 15) is 36.2 Å². The largest absolute Gasteiger partial charge is 0.417 e. The number of amides is 1. The van der Waals surface area contributed by atoms with Gasteiger partial charge in [0.05, 0.1) is 16.8 Å². The Labute approximate surface area is 258 Å². The molecule has 6 rings (SSSR count). The van der Waals surface area contributed by atoms with E-state index in [1.165, 1.54) is 10.8 Å². The van der Waals surface area contributed by atoms with Crippen LogP contribution in [0.4, 0.5) is 38.0 Å². The third-order valence-electron chi connectivity index (χ3n) is 8.46. The predicted octanol–water partition coefficient (Wildman–Crippen LogP) is 6.15. The highest BCUT2D eigenvalue weighted by Crippen LogP contribution is 2.49. The molecule has 14 heteroatoms. The number of anilines is 2. The number of piperidine rings is 1. The van der Waals surface area contributed by atoms with Gasteiger partial charge in [-0.3, -0.25) is 4.79 Å². The number of halogens is 6. The quantitative estimate of drug-likeness (QED) is 0.254. The van der Waals surface area contributed by atoms with E-state index in [4.69, 9.17) is 10.4 Å². The van der Waals surface area contributed by atoms with Gasteiger partial charge in [0.15, 0.2) is 0 Å². The van der Waals surface area contributed by atoms with Crippen molar-refractivity contribution in [3.8, 4) is 6.07 Å². The summed E-state index contributed by atoms with van der Waals surface area (Å²) in [6, 6.07) is 19.4. The van der Waals surface area contributed by atoms with Crippen LogP contribution in [0.1, 0.15) is 64.2 Å². The van der Waals surface area contributed by atoms with Crippen molar-refractivity contribution in [2.45, 2.75) is 49.2 Å². The molecule has 2 atom stereocenters. The van der Waals surface area contributed by atoms with Crippen LogP contribution in [0.2, 0.25) is 0 Å². The Balaban J connectivity index is 1.43. The maximum absolute atomic E-state index is 14.6. The number of aromatic nitrogens is 3. The molecule has 2 aliphatic heterocycles. The first-order valence-corrected chi connectivity index (χ1v) is 14.4. The SMILES string of the molecule is N#Cc1cnc(N2CCC(c3nn(C(c4ccccc4)c4ccccc4)c4c3[C@@H](C(F)(F)F)[C@@H](O)C(=O)N4)CC2)cc1C(F)(F)F. The molecule has 2 aromatic carbocycles. The Morgan fingerprint density at radius 2 is 1.54 bits per heavy atom. The van der Waals surface area contributed by atoms with Crippen molar-refractivity contribution in [3.05, 3.63) is 106 Å². The van der Waals surface area contributed by atoms with Crippen LogP contribution >= 0.6 is 0 Å². The summed E-state index contributed by atoms with van der Waals surface area (Å²) in [5.41, 5.74) is -0.634. The summed E-state index contributed by atoms with van der Waals surface area (Å²) in [5, 5.41) is 26.9. The molecule has 2 aliphatic rings. The van der Waals surface area contributed by atoms with Crippen molar-refractivity contribution in [3.63, 3.8) is 0 Å². The van der Waals surface area contributed by atoms with Crippen LogP contribution < -0.4 is 10.2 Å². The Kier molecular flexibility index (Phi) is 7.97. The molecular formula is C32H26F6N6O2. The molecule has 4 aromatic rings. The van der Waals surface area contributed by atoms with Crippen LogP contribution in [0, 0.1) is 11.3 Å². The normalized spacial score (nSPS) is 19.1.